The molecular formula is C17H24N2OS. The minimum atomic E-state index is 0.431. The third kappa shape index (κ3) is 3.63. The molecule has 1 aromatic carbocycles. The van der Waals surface area contributed by atoms with E-state index in [9.17, 15) is 0 Å². The molecule has 4 heteroatoms. The molecule has 114 valence electrons. The second-order valence-electron chi connectivity index (χ2n) is 5.47. The summed E-state index contributed by atoms with van der Waals surface area (Å²) >= 11 is 1.76. The number of rotatable bonds is 6. The molecule has 3 nitrogen and oxygen atoms in total. The molecule has 0 atom stereocenters. The fourth-order valence-electron chi connectivity index (χ4n) is 2.27. The average molecular weight is 304 g/mol. The monoisotopic (exact) mass is 304 g/mol. The molecule has 0 fully saturated rings. The first kappa shape index (κ1) is 16.0. The lowest BCUT2D eigenvalue weighted by molar-refractivity contribution is 0.416. The van der Waals surface area contributed by atoms with Gasteiger partial charge in [-0.15, -0.1) is 11.3 Å². The maximum atomic E-state index is 5.52. The highest BCUT2D eigenvalue weighted by Gasteiger charge is 2.17. The molecule has 0 aliphatic carbocycles. The molecule has 0 spiro atoms. The number of thiazole rings is 1. The van der Waals surface area contributed by atoms with Gasteiger partial charge in [0.1, 0.15) is 10.8 Å². The molecule has 2 aromatic rings. The van der Waals surface area contributed by atoms with Crippen LogP contribution in [-0.2, 0) is 6.54 Å². The summed E-state index contributed by atoms with van der Waals surface area (Å²) in [6.45, 7) is 10.4. The Bertz CT molecular complexity index is 605. The standard InChI is InChI=1S/C17H24N2OS/c1-6-18-10-15-16(11(2)3)19-17(21-15)13-8-7-12(4)9-14(13)20-5/h7-9,11,18H,6,10H2,1-5H3. The number of benzene rings is 1. The molecule has 0 aliphatic heterocycles. The van der Waals surface area contributed by atoms with E-state index in [1.54, 1.807) is 18.4 Å². The van der Waals surface area contributed by atoms with Crippen molar-refractivity contribution < 1.29 is 4.74 Å². The Labute approximate surface area is 131 Å². The van der Waals surface area contributed by atoms with Gasteiger partial charge in [0, 0.05) is 11.4 Å². The van der Waals surface area contributed by atoms with Crippen LogP contribution in [0.3, 0.4) is 0 Å². The quantitative estimate of drug-likeness (QED) is 0.861. The zero-order valence-corrected chi connectivity index (χ0v) is 14.3. The van der Waals surface area contributed by atoms with Crippen LogP contribution in [-0.4, -0.2) is 18.6 Å². The molecule has 21 heavy (non-hydrogen) atoms. The molecule has 0 aliphatic rings. The van der Waals surface area contributed by atoms with Crippen LogP contribution in [0.25, 0.3) is 10.6 Å². The molecule has 0 unspecified atom stereocenters. The van der Waals surface area contributed by atoms with E-state index in [1.807, 2.05) is 0 Å². The van der Waals surface area contributed by atoms with Crippen molar-refractivity contribution in [1.29, 1.82) is 0 Å². The fourth-order valence-corrected chi connectivity index (χ4v) is 3.49. The van der Waals surface area contributed by atoms with E-state index in [4.69, 9.17) is 9.72 Å². The van der Waals surface area contributed by atoms with Gasteiger partial charge in [-0.05, 0) is 37.1 Å². The zero-order valence-electron chi connectivity index (χ0n) is 13.5. The molecule has 0 saturated heterocycles. The summed E-state index contributed by atoms with van der Waals surface area (Å²) in [5.74, 6) is 1.33. The second kappa shape index (κ2) is 7.05. The molecular weight excluding hydrogens is 280 g/mol. The van der Waals surface area contributed by atoms with Crippen molar-refractivity contribution in [2.45, 2.75) is 40.2 Å². The van der Waals surface area contributed by atoms with Gasteiger partial charge in [0.2, 0.25) is 0 Å². The zero-order chi connectivity index (χ0) is 15.4. The third-order valence-corrected chi connectivity index (χ3v) is 4.50. The van der Waals surface area contributed by atoms with Crippen molar-refractivity contribution >= 4 is 11.3 Å². The van der Waals surface area contributed by atoms with E-state index in [1.165, 1.54) is 16.1 Å². The molecule has 0 bridgehead atoms. The van der Waals surface area contributed by atoms with Crippen molar-refractivity contribution in [3.05, 3.63) is 34.3 Å². The molecule has 1 aromatic heterocycles. The van der Waals surface area contributed by atoms with E-state index in [0.717, 1.165) is 29.4 Å². The average Bonchev–Trinajstić information content (AvgIpc) is 2.89. The van der Waals surface area contributed by atoms with Crippen molar-refractivity contribution in [3.8, 4) is 16.3 Å². The normalized spacial score (nSPS) is 11.1. The highest BCUT2D eigenvalue weighted by atomic mass is 32.1. The largest absolute Gasteiger partial charge is 0.496 e. The number of hydrogen-bond acceptors (Lipinski definition) is 4. The third-order valence-electron chi connectivity index (χ3n) is 3.40. The number of aryl methyl sites for hydroxylation is 1. The van der Waals surface area contributed by atoms with Crippen molar-refractivity contribution in [3.63, 3.8) is 0 Å². The predicted molar refractivity (Wildman–Crippen MR) is 90.3 cm³/mol. The summed E-state index contributed by atoms with van der Waals surface area (Å²) < 4.78 is 5.52. The van der Waals surface area contributed by atoms with Crippen molar-refractivity contribution in [2.24, 2.45) is 0 Å². The smallest absolute Gasteiger partial charge is 0.129 e. The van der Waals surface area contributed by atoms with E-state index in [-0.39, 0.29) is 0 Å². The Hall–Kier alpha value is -1.39. The van der Waals surface area contributed by atoms with Gasteiger partial charge < -0.3 is 10.1 Å². The Kier molecular flexibility index (Phi) is 5.37. The number of ether oxygens (including phenoxy) is 1. The van der Waals surface area contributed by atoms with Gasteiger partial charge in [-0.2, -0.15) is 0 Å². The van der Waals surface area contributed by atoms with E-state index in [0.29, 0.717) is 5.92 Å². The number of aromatic nitrogens is 1. The molecule has 1 heterocycles. The van der Waals surface area contributed by atoms with E-state index in [2.05, 4.69) is 51.2 Å². The van der Waals surface area contributed by atoms with Crippen LogP contribution in [0.15, 0.2) is 18.2 Å². The summed E-state index contributed by atoms with van der Waals surface area (Å²) in [5, 5.41) is 4.45. The van der Waals surface area contributed by atoms with Gasteiger partial charge in [0.05, 0.1) is 18.4 Å². The van der Waals surface area contributed by atoms with Crippen LogP contribution in [0.1, 0.15) is 42.8 Å². The summed E-state index contributed by atoms with van der Waals surface area (Å²) in [4.78, 5) is 6.19. The van der Waals surface area contributed by atoms with Crippen LogP contribution in [0.4, 0.5) is 0 Å². The summed E-state index contributed by atoms with van der Waals surface area (Å²) in [6, 6.07) is 6.28. The lowest BCUT2D eigenvalue weighted by atomic mass is 10.1. The number of nitrogens with zero attached hydrogens (tertiary/aromatic N) is 1. The number of hydrogen-bond donors (Lipinski definition) is 1. The highest BCUT2D eigenvalue weighted by Crippen LogP contribution is 2.36. The molecule has 0 amide bonds. The molecule has 2 rings (SSSR count). The Balaban J connectivity index is 2.44. The van der Waals surface area contributed by atoms with E-state index >= 15 is 0 Å². The first-order valence-electron chi connectivity index (χ1n) is 7.42. The lowest BCUT2D eigenvalue weighted by Gasteiger charge is -2.06. The maximum absolute atomic E-state index is 5.52. The van der Waals surface area contributed by atoms with Gasteiger partial charge in [-0.1, -0.05) is 26.8 Å². The van der Waals surface area contributed by atoms with Crippen molar-refractivity contribution in [2.75, 3.05) is 13.7 Å². The minimum Gasteiger partial charge on any atom is -0.496 e. The topological polar surface area (TPSA) is 34.1 Å². The van der Waals surface area contributed by atoms with Crippen LogP contribution in [0, 0.1) is 6.92 Å². The lowest BCUT2D eigenvalue weighted by Crippen LogP contribution is -2.12. The molecule has 0 saturated carbocycles. The Morgan fingerprint density at radius 1 is 1.33 bits per heavy atom. The first-order chi connectivity index (χ1) is 10.1. The van der Waals surface area contributed by atoms with Gasteiger partial charge in [0.15, 0.2) is 0 Å². The van der Waals surface area contributed by atoms with E-state index < -0.39 is 0 Å². The van der Waals surface area contributed by atoms with Gasteiger partial charge in [0.25, 0.3) is 0 Å². The van der Waals surface area contributed by atoms with Crippen LogP contribution in [0.2, 0.25) is 0 Å². The minimum absolute atomic E-state index is 0.431. The van der Waals surface area contributed by atoms with Gasteiger partial charge in [-0.3, -0.25) is 0 Å². The molecule has 0 radical (unpaired) electrons. The number of nitrogens with one attached hydrogen (secondary N) is 1. The second-order valence-corrected chi connectivity index (χ2v) is 6.55. The van der Waals surface area contributed by atoms with Gasteiger partial charge in [-0.25, -0.2) is 4.98 Å². The van der Waals surface area contributed by atoms with Crippen LogP contribution >= 0.6 is 11.3 Å². The summed E-state index contributed by atoms with van der Waals surface area (Å²) in [7, 11) is 1.72. The Morgan fingerprint density at radius 3 is 2.71 bits per heavy atom. The van der Waals surface area contributed by atoms with Crippen LogP contribution < -0.4 is 10.1 Å². The fraction of sp³-hybridized carbons (Fsp3) is 0.471. The predicted octanol–water partition coefficient (Wildman–Crippen LogP) is 4.36. The number of methoxy groups -OCH3 is 1. The van der Waals surface area contributed by atoms with Crippen LogP contribution in [0.5, 0.6) is 5.75 Å². The van der Waals surface area contributed by atoms with Gasteiger partial charge >= 0.3 is 0 Å². The summed E-state index contributed by atoms with van der Waals surface area (Å²) in [5.41, 5.74) is 3.47. The maximum Gasteiger partial charge on any atom is 0.129 e. The van der Waals surface area contributed by atoms with Crippen molar-refractivity contribution in [1.82, 2.24) is 10.3 Å². The Morgan fingerprint density at radius 2 is 2.10 bits per heavy atom. The summed E-state index contributed by atoms with van der Waals surface area (Å²) in [6.07, 6.45) is 0. The molecule has 1 N–H and O–H groups in total. The highest BCUT2D eigenvalue weighted by molar-refractivity contribution is 7.15. The SMILES string of the molecule is CCNCc1sc(-c2ccc(C)cc2OC)nc1C(C)C. The first-order valence-corrected chi connectivity index (χ1v) is 8.23.